The van der Waals surface area contributed by atoms with Gasteiger partial charge in [0, 0.05) is 6.20 Å². The maximum Gasteiger partial charge on any atom is 0.232 e. The summed E-state index contributed by atoms with van der Waals surface area (Å²) >= 11 is 8.82. The van der Waals surface area contributed by atoms with Crippen molar-refractivity contribution in [2.75, 3.05) is 6.61 Å². The molecule has 0 fully saturated rings. The minimum absolute atomic E-state index is 0.198. The highest BCUT2D eigenvalue weighted by Crippen LogP contribution is 2.22. The van der Waals surface area contributed by atoms with Crippen molar-refractivity contribution in [1.82, 2.24) is 9.97 Å². The molecule has 0 N–H and O–H groups in total. The highest BCUT2D eigenvalue weighted by Gasteiger charge is 2.03. The van der Waals surface area contributed by atoms with Crippen LogP contribution in [-0.2, 0) is 0 Å². The quantitative estimate of drug-likeness (QED) is 0.775. The van der Waals surface area contributed by atoms with Gasteiger partial charge in [-0.3, -0.25) is 0 Å². The molecule has 0 atom stereocenters. The summed E-state index contributed by atoms with van der Waals surface area (Å²) in [5.74, 6) is 0.497. The fourth-order valence-corrected chi connectivity index (χ4v) is 1.06. The summed E-state index contributed by atoms with van der Waals surface area (Å²) in [5.41, 5.74) is 0. The van der Waals surface area contributed by atoms with Crippen LogP contribution in [0.15, 0.2) is 10.7 Å². The molecule has 66 valence electrons. The number of rotatable bonds is 3. The van der Waals surface area contributed by atoms with Gasteiger partial charge in [-0.15, -0.1) is 0 Å². The van der Waals surface area contributed by atoms with Gasteiger partial charge in [-0.2, -0.15) is 4.98 Å². The molecule has 0 spiro atoms. The van der Waals surface area contributed by atoms with E-state index in [1.807, 2.05) is 6.92 Å². The van der Waals surface area contributed by atoms with Crippen molar-refractivity contribution in [2.45, 2.75) is 13.3 Å². The second kappa shape index (κ2) is 4.62. The van der Waals surface area contributed by atoms with Gasteiger partial charge in [-0.05, 0) is 34.0 Å². The van der Waals surface area contributed by atoms with Crippen molar-refractivity contribution in [1.29, 1.82) is 0 Å². The Balaban J connectivity index is 2.75. The zero-order chi connectivity index (χ0) is 8.97. The molecule has 0 saturated heterocycles. The number of aromatic nitrogens is 2. The van der Waals surface area contributed by atoms with E-state index in [1.54, 1.807) is 6.20 Å². The van der Waals surface area contributed by atoms with Crippen molar-refractivity contribution in [2.24, 2.45) is 0 Å². The molecule has 3 nitrogen and oxygen atoms in total. The van der Waals surface area contributed by atoms with E-state index >= 15 is 0 Å². The maximum absolute atomic E-state index is 5.57. The van der Waals surface area contributed by atoms with E-state index in [9.17, 15) is 0 Å². The smallest absolute Gasteiger partial charge is 0.232 e. The molecule has 0 aromatic carbocycles. The fraction of sp³-hybridized carbons (Fsp3) is 0.429. The van der Waals surface area contributed by atoms with Gasteiger partial charge < -0.3 is 4.74 Å². The Labute approximate surface area is 84.2 Å². The number of nitrogens with zero attached hydrogens (tertiary/aromatic N) is 2. The number of ether oxygens (including phenoxy) is 1. The van der Waals surface area contributed by atoms with Crippen molar-refractivity contribution in [3.05, 3.63) is 16.0 Å². The van der Waals surface area contributed by atoms with Crippen molar-refractivity contribution in [3.63, 3.8) is 0 Å². The minimum atomic E-state index is 0.198. The number of hydrogen-bond acceptors (Lipinski definition) is 3. The fourth-order valence-electron chi connectivity index (χ4n) is 0.631. The van der Waals surface area contributed by atoms with Gasteiger partial charge >= 0.3 is 0 Å². The second-order valence-corrected chi connectivity index (χ2v) is 3.33. The Kier molecular flexibility index (Phi) is 3.75. The summed E-state index contributed by atoms with van der Waals surface area (Å²) in [5, 5.41) is 0.198. The molecule has 0 unspecified atom stereocenters. The Hall–Kier alpha value is -0.350. The third kappa shape index (κ3) is 2.60. The van der Waals surface area contributed by atoms with Crippen LogP contribution in [0.1, 0.15) is 13.3 Å². The van der Waals surface area contributed by atoms with Crippen LogP contribution in [-0.4, -0.2) is 16.6 Å². The first kappa shape index (κ1) is 9.74. The topological polar surface area (TPSA) is 35.0 Å². The van der Waals surface area contributed by atoms with E-state index in [0.717, 1.165) is 10.9 Å². The van der Waals surface area contributed by atoms with Gasteiger partial charge in [0.25, 0.3) is 0 Å². The van der Waals surface area contributed by atoms with Gasteiger partial charge in [0.1, 0.15) is 0 Å². The van der Waals surface area contributed by atoms with Crippen LogP contribution in [0.25, 0.3) is 0 Å². The van der Waals surface area contributed by atoms with Gasteiger partial charge in [0.05, 0.1) is 11.1 Å². The lowest BCUT2D eigenvalue weighted by Gasteiger charge is -2.04. The van der Waals surface area contributed by atoms with Crippen LogP contribution in [0.5, 0.6) is 5.88 Å². The van der Waals surface area contributed by atoms with E-state index in [2.05, 4.69) is 25.9 Å². The Morgan fingerprint density at radius 3 is 3.08 bits per heavy atom. The molecule has 1 heterocycles. The molecular formula is C7H8BrClN2O. The SMILES string of the molecule is CCCOc1nc(Cl)ncc1Br. The first-order valence-corrected chi connectivity index (χ1v) is 4.72. The zero-order valence-corrected chi connectivity index (χ0v) is 8.89. The van der Waals surface area contributed by atoms with Crippen LogP contribution in [0.2, 0.25) is 5.28 Å². The average Bonchev–Trinajstić information content (AvgIpc) is 2.07. The van der Waals surface area contributed by atoms with Crippen LogP contribution < -0.4 is 4.74 Å². The lowest BCUT2D eigenvalue weighted by Crippen LogP contribution is -1.98. The monoisotopic (exact) mass is 250 g/mol. The zero-order valence-electron chi connectivity index (χ0n) is 6.55. The number of halogens is 2. The molecular weight excluding hydrogens is 243 g/mol. The van der Waals surface area contributed by atoms with Gasteiger partial charge in [-0.25, -0.2) is 4.98 Å². The Bertz CT molecular complexity index is 270. The predicted molar refractivity (Wildman–Crippen MR) is 50.5 cm³/mol. The molecule has 0 saturated carbocycles. The normalized spacial score (nSPS) is 9.92. The largest absolute Gasteiger partial charge is 0.477 e. The summed E-state index contributed by atoms with van der Waals surface area (Å²) < 4.78 is 6.01. The molecule has 0 amide bonds. The predicted octanol–water partition coefficient (Wildman–Crippen LogP) is 2.68. The van der Waals surface area contributed by atoms with E-state index in [4.69, 9.17) is 16.3 Å². The van der Waals surface area contributed by atoms with Gasteiger partial charge in [-0.1, -0.05) is 6.92 Å². The standard InChI is InChI=1S/C7H8BrClN2O/c1-2-3-12-6-5(8)4-10-7(9)11-6/h4H,2-3H2,1H3. The summed E-state index contributed by atoms with van der Waals surface area (Å²) in [6.45, 7) is 2.66. The molecule has 1 aromatic rings. The van der Waals surface area contributed by atoms with Gasteiger partial charge in [0.2, 0.25) is 11.2 Å². The highest BCUT2D eigenvalue weighted by atomic mass is 79.9. The van der Waals surface area contributed by atoms with Crippen LogP contribution in [0.4, 0.5) is 0 Å². The first-order chi connectivity index (χ1) is 5.74. The second-order valence-electron chi connectivity index (χ2n) is 2.14. The lowest BCUT2D eigenvalue weighted by molar-refractivity contribution is 0.302. The minimum Gasteiger partial charge on any atom is -0.477 e. The van der Waals surface area contributed by atoms with Crippen molar-refractivity contribution in [3.8, 4) is 5.88 Å². The summed E-state index contributed by atoms with van der Waals surface area (Å²) in [7, 11) is 0. The van der Waals surface area contributed by atoms with Crippen LogP contribution in [0.3, 0.4) is 0 Å². The molecule has 0 aliphatic carbocycles. The molecule has 0 radical (unpaired) electrons. The molecule has 0 aliphatic rings. The summed E-state index contributed by atoms with van der Waals surface area (Å²) in [6.07, 6.45) is 2.51. The molecule has 0 bridgehead atoms. The number of hydrogen-bond donors (Lipinski definition) is 0. The van der Waals surface area contributed by atoms with Crippen LogP contribution in [0, 0.1) is 0 Å². The molecule has 1 aromatic heterocycles. The molecule has 1 rings (SSSR count). The Morgan fingerprint density at radius 1 is 1.67 bits per heavy atom. The third-order valence-corrected chi connectivity index (χ3v) is 1.85. The van der Waals surface area contributed by atoms with E-state index in [0.29, 0.717) is 12.5 Å². The van der Waals surface area contributed by atoms with Gasteiger partial charge in [0.15, 0.2) is 0 Å². The Morgan fingerprint density at radius 2 is 2.42 bits per heavy atom. The molecule has 5 heteroatoms. The lowest BCUT2D eigenvalue weighted by atomic mass is 10.5. The third-order valence-electron chi connectivity index (χ3n) is 1.13. The molecule has 12 heavy (non-hydrogen) atoms. The van der Waals surface area contributed by atoms with E-state index < -0.39 is 0 Å². The highest BCUT2D eigenvalue weighted by molar-refractivity contribution is 9.10. The summed E-state index contributed by atoms with van der Waals surface area (Å²) in [4.78, 5) is 7.67. The van der Waals surface area contributed by atoms with Crippen LogP contribution >= 0.6 is 27.5 Å². The average molecular weight is 252 g/mol. The van der Waals surface area contributed by atoms with Crippen molar-refractivity contribution < 1.29 is 4.74 Å². The van der Waals surface area contributed by atoms with E-state index in [-0.39, 0.29) is 5.28 Å². The van der Waals surface area contributed by atoms with E-state index in [1.165, 1.54) is 0 Å². The summed E-state index contributed by atoms with van der Waals surface area (Å²) in [6, 6.07) is 0. The van der Waals surface area contributed by atoms with Crippen molar-refractivity contribution >= 4 is 27.5 Å². The maximum atomic E-state index is 5.57. The molecule has 0 aliphatic heterocycles. The first-order valence-electron chi connectivity index (χ1n) is 3.55.